The Labute approximate surface area is 133 Å². The molecule has 0 bridgehead atoms. The van der Waals surface area contributed by atoms with Crippen molar-refractivity contribution >= 4 is 15.5 Å². The van der Waals surface area contributed by atoms with Crippen LogP contribution >= 0.6 is 0 Å². The molecule has 0 aliphatic rings. The molecule has 0 aliphatic heterocycles. The van der Waals surface area contributed by atoms with E-state index in [1.165, 1.54) is 49.6 Å². The zero-order valence-corrected chi connectivity index (χ0v) is 13.0. The second-order valence-corrected chi connectivity index (χ2v) is 6.37. The summed E-state index contributed by atoms with van der Waals surface area (Å²) in [5.41, 5.74) is 0.336. The number of ether oxygens (including phenoxy) is 1. The van der Waals surface area contributed by atoms with E-state index in [9.17, 15) is 12.8 Å². The van der Waals surface area contributed by atoms with E-state index in [1.54, 1.807) is 12.1 Å². The van der Waals surface area contributed by atoms with Gasteiger partial charge < -0.3 is 10.1 Å². The Morgan fingerprint density at radius 1 is 1.26 bits per heavy atom. The largest absolute Gasteiger partial charge is 0.497 e. The van der Waals surface area contributed by atoms with Crippen molar-refractivity contribution in [3.63, 3.8) is 0 Å². The van der Waals surface area contributed by atoms with Crippen molar-refractivity contribution < 1.29 is 17.5 Å². The lowest BCUT2D eigenvalue weighted by Crippen LogP contribution is -2.05. The molecule has 0 spiro atoms. The van der Waals surface area contributed by atoms with Gasteiger partial charge in [0.05, 0.1) is 12.0 Å². The van der Waals surface area contributed by atoms with Crippen molar-refractivity contribution in [2.24, 2.45) is 0 Å². The number of methoxy groups -OCH3 is 1. The maximum absolute atomic E-state index is 13.1. The van der Waals surface area contributed by atoms with E-state index >= 15 is 0 Å². The number of benzene rings is 2. The number of nitriles is 1. The monoisotopic (exact) mass is 332 g/mol. The zero-order chi connectivity index (χ0) is 16.9. The van der Waals surface area contributed by atoms with E-state index in [0.717, 1.165) is 6.20 Å². The Morgan fingerprint density at radius 3 is 2.52 bits per heavy atom. The van der Waals surface area contributed by atoms with Crippen LogP contribution in [0.4, 0.5) is 10.1 Å². The smallest absolute Gasteiger partial charge is 0.218 e. The molecule has 1 N–H and O–H groups in total. The number of rotatable bonds is 5. The summed E-state index contributed by atoms with van der Waals surface area (Å²) >= 11 is 0. The van der Waals surface area contributed by atoms with E-state index in [2.05, 4.69) is 5.32 Å². The Hall–Kier alpha value is -2.85. The molecule has 2 aromatic carbocycles. The summed E-state index contributed by atoms with van der Waals surface area (Å²) in [7, 11) is -2.50. The van der Waals surface area contributed by atoms with Gasteiger partial charge in [0.25, 0.3) is 0 Å². The molecule has 0 heterocycles. The SMILES string of the molecule is COc1ccc(S(=O)(=O)/C(C#N)=C/Nc2cccc(F)c2)cc1. The van der Waals surface area contributed by atoms with Crippen molar-refractivity contribution in [2.75, 3.05) is 12.4 Å². The summed E-state index contributed by atoms with van der Waals surface area (Å²) in [4.78, 5) is -0.515. The molecule has 2 rings (SSSR count). The van der Waals surface area contributed by atoms with Crippen molar-refractivity contribution in [3.8, 4) is 11.8 Å². The average molecular weight is 332 g/mol. The Balaban J connectivity index is 2.31. The van der Waals surface area contributed by atoms with Crippen LogP contribution in [0.15, 0.2) is 64.5 Å². The molecular formula is C16H13FN2O3S. The molecule has 0 amide bonds. The lowest BCUT2D eigenvalue weighted by atomic mass is 10.3. The van der Waals surface area contributed by atoms with Crippen LogP contribution in [0.1, 0.15) is 0 Å². The van der Waals surface area contributed by atoms with Gasteiger partial charge in [0.15, 0.2) is 4.91 Å². The van der Waals surface area contributed by atoms with Crippen molar-refractivity contribution in [1.29, 1.82) is 5.26 Å². The van der Waals surface area contributed by atoms with E-state index < -0.39 is 20.6 Å². The molecule has 7 heteroatoms. The first-order valence-electron chi connectivity index (χ1n) is 6.49. The summed E-state index contributed by atoms with van der Waals surface area (Å²) in [6.07, 6.45) is 1.04. The van der Waals surface area contributed by atoms with Gasteiger partial charge in [0.2, 0.25) is 9.84 Å². The standard InChI is InChI=1S/C16H13FN2O3S/c1-22-14-5-7-15(8-6-14)23(20,21)16(10-18)11-19-13-4-2-3-12(17)9-13/h2-9,11,19H,1H3/b16-11+. The fourth-order valence-corrected chi connectivity index (χ4v) is 2.86. The molecule has 118 valence electrons. The first-order valence-corrected chi connectivity index (χ1v) is 7.97. The highest BCUT2D eigenvalue weighted by Crippen LogP contribution is 2.22. The van der Waals surface area contributed by atoms with E-state index in [4.69, 9.17) is 10.00 Å². The summed E-state index contributed by atoms with van der Waals surface area (Å²) in [5.74, 6) is 0.0317. The predicted octanol–water partition coefficient (Wildman–Crippen LogP) is 3.09. The number of hydrogen-bond acceptors (Lipinski definition) is 5. The molecule has 2 aromatic rings. The normalized spacial score (nSPS) is 11.6. The van der Waals surface area contributed by atoms with Crippen LogP contribution in [0.3, 0.4) is 0 Å². The maximum Gasteiger partial charge on any atom is 0.218 e. The van der Waals surface area contributed by atoms with Crippen LogP contribution in [0.5, 0.6) is 5.75 Å². The van der Waals surface area contributed by atoms with Gasteiger partial charge in [-0.25, -0.2) is 12.8 Å². The molecule has 0 radical (unpaired) electrons. The lowest BCUT2D eigenvalue weighted by Gasteiger charge is -2.06. The first kappa shape index (κ1) is 16.5. The minimum absolute atomic E-state index is 0.0351. The van der Waals surface area contributed by atoms with E-state index in [0.29, 0.717) is 11.4 Å². The van der Waals surface area contributed by atoms with Gasteiger partial charge in [-0.15, -0.1) is 0 Å². The van der Waals surface area contributed by atoms with E-state index in [-0.39, 0.29) is 4.90 Å². The first-order chi connectivity index (χ1) is 11.0. The van der Waals surface area contributed by atoms with Gasteiger partial charge in [-0.3, -0.25) is 0 Å². The molecule has 0 saturated carbocycles. The minimum Gasteiger partial charge on any atom is -0.497 e. The molecule has 0 unspecified atom stereocenters. The van der Waals surface area contributed by atoms with Crippen LogP contribution in [0, 0.1) is 17.1 Å². The molecule has 0 aliphatic carbocycles. The predicted molar refractivity (Wildman–Crippen MR) is 83.9 cm³/mol. The number of anilines is 1. The van der Waals surface area contributed by atoms with Crippen molar-refractivity contribution in [2.45, 2.75) is 4.90 Å². The number of allylic oxidation sites excluding steroid dienone is 1. The summed E-state index contributed by atoms with van der Waals surface area (Å²) in [5, 5.41) is 11.7. The molecule has 0 saturated heterocycles. The average Bonchev–Trinajstić information content (AvgIpc) is 2.55. The topological polar surface area (TPSA) is 79.2 Å². The van der Waals surface area contributed by atoms with Gasteiger partial charge in [0.1, 0.15) is 17.6 Å². The third-order valence-electron chi connectivity index (χ3n) is 2.96. The second-order valence-electron chi connectivity index (χ2n) is 4.45. The quantitative estimate of drug-likeness (QED) is 0.851. The van der Waals surface area contributed by atoms with Crippen LogP contribution in [0.2, 0.25) is 0 Å². The Kier molecular flexibility index (Phi) is 4.98. The van der Waals surface area contributed by atoms with Crippen LogP contribution in [0.25, 0.3) is 0 Å². The molecule has 0 aromatic heterocycles. The van der Waals surface area contributed by atoms with Gasteiger partial charge in [-0.1, -0.05) is 6.07 Å². The highest BCUT2D eigenvalue weighted by molar-refractivity contribution is 7.95. The molecule has 0 fully saturated rings. The third kappa shape index (κ3) is 3.87. The number of sulfone groups is 1. The molecular weight excluding hydrogens is 319 g/mol. The maximum atomic E-state index is 13.1. The summed E-state index contributed by atoms with van der Waals surface area (Å²) in [6.45, 7) is 0. The Morgan fingerprint density at radius 2 is 1.96 bits per heavy atom. The van der Waals surface area contributed by atoms with Gasteiger partial charge in [-0.2, -0.15) is 5.26 Å². The van der Waals surface area contributed by atoms with Gasteiger partial charge in [0, 0.05) is 11.9 Å². The molecule has 0 atom stereocenters. The highest BCUT2D eigenvalue weighted by atomic mass is 32.2. The Bertz CT molecular complexity index is 869. The van der Waals surface area contributed by atoms with Crippen molar-refractivity contribution in [1.82, 2.24) is 0 Å². The van der Waals surface area contributed by atoms with Crippen LogP contribution in [-0.2, 0) is 9.84 Å². The lowest BCUT2D eigenvalue weighted by molar-refractivity contribution is 0.414. The van der Waals surface area contributed by atoms with Crippen LogP contribution < -0.4 is 10.1 Å². The van der Waals surface area contributed by atoms with E-state index in [1.807, 2.05) is 0 Å². The fourth-order valence-electron chi connectivity index (χ4n) is 1.78. The highest BCUT2D eigenvalue weighted by Gasteiger charge is 2.20. The number of hydrogen-bond donors (Lipinski definition) is 1. The second kappa shape index (κ2) is 6.94. The summed E-state index contributed by atoms with van der Waals surface area (Å²) < 4.78 is 42.9. The number of nitrogens with zero attached hydrogens (tertiary/aromatic N) is 1. The zero-order valence-electron chi connectivity index (χ0n) is 12.2. The third-order valence-corrected chi connectivity index (χ3v) is 4.64. The number of nitrogens with one attached hydrogen (secondary N) is 1. The van der Waals surface area contributed by atoms with Gasteiger partial charge >= 0.3 is 0 Å². The molecule has 23 heavy (non-hydrogen) atoms. The fraction of sp³-hybridized carbons (Fsp3) is 0.0625. The summed E-state index contributed by atoms with van der Waals surface area (Å²) in [6, 6.07) is 12.8. The molecule has 5 nitrogen and oxygen atoms in total. The van der Waals surface area contributed by atoms with Crippen LogP contribution in [-0.4, -0.2) is 15.5 Å². The number of halogens is 1. The van der Waals surface area contributed by atoms with Gasteiger partial charge in [-0.05, 0) is 42.5 Å². The van der Waals surface area contributed by atoms with Crippen molar-refractivity contribution in [3.05, 3.63) is 65.5 Å². The minimum atomic E-state index is -3.97.